The number of benzene rings is 1. The number of piperidine rings is 1. The van der Waals surface area contributed by atoms with Gasteiger partial charge in [0.25, 0.3) is 5.91 Å². The number of carbonyl (C=O) groups excluding carboxylic acids is 1. The number of carbonyl (C=O) groups is 1. The van der Waals surface area contributed by atoms with E-state index < -0.39 is 12.1 Å². The molecule has 0 aliphatic carbocycles. The van der Waals surface area contributed by atoms with Crippen LogP contribution in [0.15, 0.2) is 28.7 Å². The lowest BCUT2D eigenvalue weighted by Crippen LogP contribution is -2.44. The first-order valence-corrected chi connectivity index (χ1v) is 6.79. The van der Waals surface area contributed by atoms with Crippen LogP contribution in [0.5, 0.6) is 0 Å². The van der Waals surface area contributed by atoms with Crippen molar-refractivity contribution in [3.05, 3.63) is 34.3 Å². The van der Waals surface area contributed by atoms with Crippen LogP contribution in [0.4, 0.5) is 13.2 Å². The maximum atomic E-state index is 12.7. The first kappa shape index (κ1) is 14.4. The monoisotopic (exact) mass is 335 g/mol. The molecule has 1 heterocycles. The van der Waals surface area contributed by atoms with Crippen LogP contribution in [0.1, 0.15) is 23.2 Å². The summed E-state index contributed by atoms with van der Waals surface area (Å²) in [7, 11) is 0. The number of rotatable bonds is 1. The van der Waals surface area contributed by atoms with Gasteiger partial charge in [-0.25, -0.2) is 0 Å². The second kappa shape index (κ2) is 5.53. The van der Waals surface area contributed by atoms with E-state index in [0.29, 0.717) is 18.5 Å². The molecular formula is C13H13BrF3NO. The summed E-state index contributed by atoms with van der Waals surface area (Å²) in [5.74, 6) is -1.74. The summed E-state index contributed by atoms with van der Waals surface area (Å²) in [6.45, 7) is 0.146. The molecule has 6 heteroatoms. The standard InChI is InChI=1S/C13H13BrF3NO/c14-11-5-1-3-9(7-11)12(19)18-6-2-4-10(8-18)13(15,16)17/h1,3,5,7,10H,2,4,6,8H2. The lowest BCUT2D eigenvalue weighted by molar-refractivity contribution is -0.184. The van der Waals surface area contributed by atoms with Crippen molar-refractivity contribution in [2.24, 2.45) is 5.92 Å². The Bertz CT molecular complexity index is 475. The fourth-order valence-corrected chi connectivity index (χ4v) is 2.63. The minimum absolute atomic E-state index is 0.103. The third-order valence-electron chi connectivity index (χ3n) is 3.24. The summed E-state index contributed by atoms with van der Waals surface area (Å²) in [5, 5.41) is 0. The number of alkyl halides is 3. The van der Waals surface area contributed by atoms with Crippen molar-refractivity contribution < 1.29 is 18.0 Å². The topological polar surface area (TPSA) is 20.3 Å². The molecule has 0 bridgehead atoms. The molecule has 0 aromatic heterocycles. The van der Waals surface area contributed by atoms with Gasteiger partial charge in [-0.3, -0.25) is 4.79 Å². The first-order valence-electron chi connectivity index (χ1n) is 5.99. The number of likely N-dealkylation sites (tertiary alicyclic amines) is 1. The average Bonchev–Trinajstić information content (AvgIpc) is 2.37. The summed E-state index contributed by atoms with van der Waals surface area (Å²) >= 11 is 3.25. The molecule has 19 heavy (non-hydrogen) atoms. The fraction of sp³-hybridized carbons (Fsp3) is 0.462. The Labute approximate surface area is 117 Å². The van der Waals surface area contributed by atoms with Crippen molar-refractivity contribution >= 4 is 21.8 Å². The molecule has 0 spiro atoms. The predicted octanol–water partition coefficient (Wildman–Crippen LogP) is 3.86. The summed E-state index contributed by atoms with van der Waals surface area (Å²) in [4.78, 5) is 13.5. The number of halogens is 4. The molecule has 1 atom stereocenters. The molecule has 1 aromatic rings. The van der Waals surface area contributed by atoms with Crippen molar-refractivity contribution in [2.45, 2.75) is 19.0 Å². The molecular weight excluding hydrogens is 323 g/mol. The molecule has 2 rings (SSSR count). The summed E-state index contributed by atoms with van der Waals surface area (Å²) in [6.07, 6.45) is -3.73. The van der Waals surface area contributed by atoms with Crippen LogP contribution >= 0.6 is 15.9 Å². The quantitative estimate of drug-likeness (QED) is 0.763. The molecule has 1 amide bonds. The predicted molar refractivity (Wildman–Crippen MR) is 68.8 cm³/mol. The molecule has 1 aromatic carbocycles. The molecule has 0 N–H and O–H groups in total. The maximum Gasteiger partial charge on any atom is 0.393 e. The number of hydrogen-bond acceptors (Lipinski definition) is 1. The number of nitrogens with zero attached hydrogens (tertiary/aromatic N) is 1. The Morgan fingerprint density at radius 3 is 2.74 bits per heavy atom. The number of hydrogen-bond donors (Lipinski definition) is 0. The normalized spacial score (nSPS) is 20.4. The van der Waals surface area contributed by atoms with E-state index in [-0.39, 0.29) is 18.9 Å². The molecule has 0 saturated carbocycles. The molecule has 1 unspecified atom stereocenters. The van der Waals surface area contributed by atoms with Crippen molar-refractivity contribution in [1.82, 2.24) is 4.90 Å². The van der Waals surface area contributed by atoms with Gasteiger partial charge in [-0.2, -0.15) is 13.2 Å². The lowest BCUT2D eigenvalue weighted by atomic mass is 9.97. The molecule has 1 saturated heterocycles. The van der Waals surface area contributed by atoms with Gasteiger partial charge in [0.15, 0.2) is 0 Å². The van der Waals surface area contributed by atoms with Crippen molar-refractivity contribution in [2.75, 3.05) is 13.1 Å². The minimum atomic E-state index is -4.23. The van der Waals surface area contributed by atoms with Gasteiger partial charge in [0.2, 0.25) is 0 Å². The SMILES string of the molecule is O=C(c1cccc(Br)c1)N1CCCC(C(F)(F)F)C1. The van der Waals surface area contributed by atoms with Crippen LogP contribution < -0.4 is 0 Å². The van der Waals surface area contributed by atoms with E-state index >= 15 is 0 Å². The highest BCUT2D eigenvalue weighted by Crippen LogP contribution is 2.33. The second-order valence-electron chi connectivity index (χ2n) is 4.64. The first-order chi connectivity index (χ1) is 8.88. The second-order valence-corrected chi connectivity index (χ2v) is 5.56. The van der Waals surface area contributed by atoms with Crippen LogP contribution in [0, 0.1) is 5.92 Å². The van der Waals surface area contributed by atoms with Crippen LogP contribution in [-0.2, 0) is 0 Å². The Morgan fingerprint density at radius 2 is 2.11 bits per heavy atom. The zero-order valence-electron chi connectivity index (χ0n) is 10.1. The van der Waals surface area contributed by atoms with E-state index in [4.69, 9.17) is 0 Å². The third-order valence-corrected chi connectivity index (χ3v) is 3.74. The van der Waals surface area contributed by atoms with Crippen LogP contribution in [0.25, 0.3) is 0 Å². The van der Waals surface area contributed by atoms with E-state index in [1.54, 1.807) is 24.3 Å². The van der Waals surface area contributed by atoms with E-state index in [1.807, 2.05) is 0 Å². The van der Waals surface area contributed by atoms with Gasteiger partial charge in [-0.15, -0.1) is 0 Å². The Hall–Kier alpha value is -1.04. The van der Waals surface area contributed by atoms with Gasteiger partial charge in [0, 0.05) is 23.1 Å². The number of amides is 1. The Kier molecular flexibility index (Phi) is 4.18. The molecule has 1 fully saturated rings. The summed E-state index contributed by atoms with van der Waals surface area (Å²) < 4.78 is 38.8. The highest BCUT2D eigenvalue weighted by atomic mass is 79.9. The van der Waals surface area contributed by atoms with Crippen molar-refractivity contribution in [3.63, 3.8) is 0 Å². The van der Waals surface area contributed by atoms with Gasteiger partial charge in [0.1, 0.15) is 0 Å². The fourth-order valence-electron chi connectivity index (χ4n) is 2.23. The lowest BCUT2D eigenvalue weighted by Gasteiger charge is -2.33. The van der Waals surface area contributed by atoms with E-state index in [9.17, 15) is 18.0 Å². The van der Waals surface area contributed by atoms with E-state index in [0.717, 1.165) is 4.47 Å². The average molecular weight is 336 g/mol. The van der Waals surface area contributed by atoms with E-state index in [2.05, 4.69) is 15.9 Å². The molecule has 104 valence electrons. The zero-order chi connectivity index (χ0) is 14.0. The van der Waals surface area contributed by atoms with Gasteiger partial charge < -0.3 is 4.90 Å². The highest BCUT2D eigenvalue weighted by Gasteiger charge is 2.42. The smallest absolute Gasteiger partial charge is 0.338 e. The molecule has 1 aliphatic rings. The van der Waals surface area contributed by atoms with Gasteiger partial charge in [0.05, 0.1) is 5.92 Å². The Balaban J connectivity index is 2.11. The van der Waals surface area contributed by atoms with Crippen LogP contribution in [0.3, 0.4) is 0 Å². The third kappa shape index (κ3) is 3.49. The van der Waals surface area contributed by atoms with Gasteiger partial charge in [-0.05, 0) is 31.0 Å². The minimum Gasteiger partial charge on any atom is -0.338 e. The summed E-state index contributed by atoms with van der Waals surface area (Å²) in [6, 6.07) is 6.71. The highest BCUT2D eigenvalue weighted by molar-refractivity contribution is 9.10. The van der Waals surface area contributed by atoms with Gasteiger partial charge >= 0.3 is 6.18 Å². The maximum absolute atomic E-state index is 12.7. The molecule has 1 aliphatic heterocycles. The van der Waals surface area contributed by atoms with Crippen molar-refractivity contribution in [1.29, 1.82) is 0 Å². The van der Waals surface area contributed by atoms with E-state index in [1.165, 1.54) is 4.90 Å². The van der Waals surface area contributed by atoms with Crippen molar-refractivity contribution in [3.8, 4) is 0 Å². The van der Waals surface area contributed by atoms with Crippen LogP contribution in [0.2, 0.25) is 0 Å². The largest absolute Gasteiger partial charge is 0.393 e. The van der Waals surface area contributed by atoms with Crippen LogP contribution in [-0.4, -0.2) is 30.1 Å². The summed E-state index contributed by atoms with van der Waals surface area (Å²) in [5.41, 5.74) is 0.414. The molecule has 0 radical (unpaired) electrons. The van der Waals surface area contributed by atoms with Gasteiger partial charge in [-0.1, -0.05) is 22.0 Å². The Morgan fingerprint density at radius 1 is 1.37 bits per heavy atom. The molecule has 2 nitrogen and oxygen atoms in total. The zero-order valence-corrected chi connectivity index (χ0v) is 11.7.